The normalized spacial score (nSPS) is 17.0. The molecule has 0 spiro atoms. The smallest absolute Gasteiger partial charge is 0.276 e. The van der Waals surface area contributed by atoms with Crippen molar-refractivity contribution in [3.8, 4) is 0 Å². The minimum Gasteiger partial charge on any atom is -0.364 e. The molecule has 1 aromatic heterocycles. The molecule has 0 aromatic carbocycles. The number of pyridine rings is 1. The zero-order valence-electron chi connectivity index (χ0n) is 10.9. The predicted octanol–water partition coefficient (Wildman–Crippen LogP) is 1.00. The van der Waals surface area contributed by atoms with Crippen molar-refractivity contribution < 1.29 is 9.77 Å². The molecular weight excluding hydrogens is 286 g/mol. The number of nitrogens with zero attached hydrogens (tertiary/aromatic N) is 5. The molecule has 8 nitrogen and oxygen atoms in total. The summed E-state index contributed by atoms with van der Waals surface area (Å²) in [6.45, 7) is 2.01. The largest absolute Gasteiger partial charge is 0.364 e. The van der Waals surface area contributed by atoms with Crippen LogP contribution in [0, 0.1) is 10.1 Å². The summed E-state index contributed by atoms with van der Waals surface area (Å²) in [6.07, 6.45) is 1.64. The van der Waals surface area contributed by atoms with E-state index >= 15 is 0 Å². The summed E-state index contributed by atoms with van der Waals surface area (Å²) in [7, 11) is 1.54. The molecule has 20 heavy (non-hydrogen) atoms. The molecule has 1 saturated heterocycles. The first-order chi connectivity index (χ1) is 9.60. The fourth-order valence-corrected chi connectivity index (χ4v) is 2.10. The summed E-state index contributed by atoms with van der Waals surface area (Å²) in [4.78, 5) is 18.2. The van der Waals surface area contributed by atoms with Gasteiger partial charge in [0.15, 0.2) is 5.03 Å². The van der Waals surface area contributed by atoms with Gasteiger partial charge in [-0.25, -0.2) is 15.1 Å². The summed E-state index contributed by atoms with van der Waals surface area (Å²) < 4.78 is 5.02. The standard InChI is InChI=1S/C11H14ClN5O3/c1-20-8-16-5-4-15(11(16)14-17(18)19)7-9-2-3-10(12)13-6-9/h2-3,6H,4-5,7-8H2,1H3/b14-11-. The van der Waals surface area contributed by atoms with Crippen LogP contribution in [-0.4, -0.2) is 52.7 Å². The van der Waals surface area contributed by atoms with Crippen LogP contribution in [0.4, 0.5) is 0 Å². The van der Waals surface area contributed by atoms with Gasteiger partial charge in [0, 0.05) is 32.9 Å². The molecule has 0 aliphatic carbocycles. The fraction of sp³-hybridized carbons (Fsp3) is 0.455. The van der Waals surface area contributed by atoms with Gasteiger partial charge in [-0.15, -0.1) is 0 Å². The number of aromatic nitrogens is 1. The molecule has 2 heterocycles. The third kappa shape index (κ3) is 3.55. The first-order valence-corrected chi connectivity index (χ1v) is 6.30. The van der Waals surface area contributed by atoms with E-state index in [4.69, 9.17) is 16.3 Å². The molecule has 1 fully saturated rings. The minimum atomic E-state index is -0.698. The molecular formula is C11H14ClN5O3. The Hall–Kier alpha value is -1.93. The van der Waals surface area contributed by atoms with Gasteiger partial charge in [0.2, 0.25) is 0 Å². The van der Waals surface area contributed by atoms with E-state index in [9.17, 15) is 10.1 Å². The monoisotopic (exact) mass is 299 g/mol. The Bertz CT molecular complexity index is 507. The lowest BCUT2D eigenvalue weighted by atomic mass is 10.3. The molecule has 0 unspecified atom stereocenters. The Kier molecular flexibility index (Phi) is 4.70. The van der Waals surface area contributed by atoms with Gasteiger partial charge in [0.1, 0.15) is 17.0 Å². The van der Waals surface area contributed by atoms with Crippen molar-refractivity contribution in [3.05, 3.63) is 39.2 Å². The Balaban J connectivity index is 2.13. The highest BCUT2D eigenvalue weighted by molar-refractivity contribution is 6.29. The van der Waals surface area contributed by atoms with Gasteiger partial charge in [-0.1, -0.05) is 17.7 Å². The fourth-order valence-electron chi connectivity index (χ4n) is 1.99. The summed E-state index contributed by atoms with van der Waals surface area (Å²) in [5, 5.41) is 13.8. The Morgan fingerprint density at radius 1 is 1.50 bits per heavy atom. The first kappa shape index (κ1) is 14.5. The first-order valence-electron chi connectivity index (χ1n) is 5.92. The number of guanidine groups is 1. The SMILES string of the molecule is COCN1CCN(Cc2ccc(Cl)nc2)/C1=N/[N+](=O)[O-]. The molecule has 108 valence electrons. The number of nitro groups is 1. The van der Waals surface area contributed by atoms with E-state index in [-0.39, 0.29) is 6.73 Å². The zero-order chi connectivity index (χ0) is 14.5. The molecule has 1 aliphatic heterocycles. The van der Waals surface area contributed by atoms with Crippen LogP contribution >= 0.6 is 11.6 Å². The van der Waals surface area contributed by atoms with Crippen LogP contribution in [0.25, 0.3) is 0 Å². The third-order valence-corrected chi connectivity index (χ3v) is 3.05. The molecule has 9 heteroatoms. The molecule has 0 atom stereocenters. The summed E-state index contributed by atoms with van der Waals surface area (Å²) in [5.41, 5.74) is 0.907. The maximum atomic E-state index is 10.6. The Morgan fingerprint density at radius 2 is 2.25 bits per heavy atom. The molecule has 2 rings (SSSR count). The average Bonchev–Trinajstić information content (AvgIpc) is 2.75. The van der Waals surface area contributed by atoms with Crippen molar-refractivity contribution >= 4 is 17.6 Å². The van der Waals surface area contributed by atoms with Crippen molar-refractivity contribution in [1.82, 2.24) is 14.8 Å². The molecule has 0 bridgehead atoms. The second-order valence-electron chi connectivity index (χ2n) is 4.23. The van der Waals surface area contributed by atoms with Crippen LogP contribution < -0.4 is 0 Å². The van der Waals surface area contributed by atoms with Crippen LogP contribution in [0.5, 0.6) is 0 Å². The number of ether oxygens (including phenoxy) is 1. The van der Waals surface area contributed by atoms with Crippen LogP contribution in [-0.2, 0) is 11.3 Å². The summed E-state index contributed by atoms with van der Waals surface area (Å²) in [6, 6.07) is 3.52. The van der Waals surface area contributed by atoms with Crippen LogP contribution in [0.15, 0.2) is 23.4 Å². The van der Waals surface area contributed by atoms with Crippen LogP contribution in [0.2, 0.25) is 5.15 Å². The van der Waals surface area contributed by atoms with Crippen LogP contribution in [0.3, 0.4) is 0 Å². The number of hydrazone groups is 1. The molecule has 0 amide bonds. The second kappa shape index (κ2) is 6.49. The number of rotatable bonds is 5. The van der Waals surface area contributed by atoms with Gasteiger partial charge < -0.3 is 14.5 Å². The summed E-state index contributed by atoms with van der Waals surface area (Å²) >= 11 is 5.73. The van der Waals surface area contributed by atoms with E-state index in [0.717, 1.165) is 5.56 Å². The van der Waals surface area contributed by atoms with Gasteiger partial charge in [0.25, 0.3) is 5.96 Å². The third-order valence-electron chi connectivity index (χ3n) is 2.82. The predicted molar refractivity (Wildman–Crippen MR) is 72.7 cm³/mol. The molecule has 0 N–H and O–H groups in total. The van der Waals surface area contributed by atoms with Crippen LogP contribution in [0.1, 0.15) is 5.56 Å². The van der Waals surface area contributed by atoms with Crippen molar-refractivity contribution in [3.63, 3.8) is 0 Å². The highest BCUT2D eigenvalue weighted by Crippen LogP contribution is 2.14. The van der Waals surface area contributed by atoms with Crippen molar-refractivity contribution in [1.29, 1.82) is 0 Å². The van der Waals surface area contributed by atoms with Gasteiger partial charge in [-0.2, -0.15) is 0 Å². The second-order valence-corrected chi connectivity index (χ2v) is 4.62. The Labute approximate surface area is 120 Å². The molecule has 1 aliphatic rings. The van der Waals surface area contributed by atoms with E-state index in [2.05, 4.69) is 10.1 Å². The summed E-state index contributed by atoms with van der Waals surface area (Å²) in [5.74, 6) is 0.298. The minimum absolute atomic E-state index is 0.266. The quantitative estimate of drug-likeness (QED) is 0.458. The lowest BCUT2D eigenvalue weighted by Crippen LogP contribution is -2.35. The van der Waals surface area contributed by atoms with E-state index in [1.165, 1.54) is 7.11 Å². The van der Waals surface area contributed by atoms with E-state index in [1.807, 2.05) is 11.0 Å². The topological polar surface area (TPSA) is 84.1 Å². The van der Waals surface area contributed by atoms with Gasteiger partial charge >= 0.3 is 0 Å². The maximum Gasteiger partial charge on any atom is 0.276 e. The number of halogens is 1. The molecule has 0 radical (unpaired) electrons. The number of hydrogen-bond acceptors (Lipinski definition) is 4. The lowest BCUT2D eigenvalue weighted by molar-refractivity contribution is -0.486. The van der Waals surface area contributed by atoms with Crippen molar-refractivity contribution in [2.75, 3.05) is 26.9 Å². The highest BCUT2D eigenvalue weighted by Gasteiger charge is 2.29. The average molecular weight is 300 g/mol. The van der Waals surface area contributed by atoms with Gasteiger partial charge in [0.05, 0.1) is 0 Å². The lowest BCUT2D eigenvalue weighted by Gasteiger charge is -2.19. The number of methoxy groups -OCH3 is 1. The zero-order valence-corrected chi connectivity index (χ0v) is 11.7. The number of hydrogen-bond donors (Lipinski definition) is 0. The van der Waals surface area contributed by atoms with Crippen molar-refractivity contribution in [2.24, 2.45) is 5.10 Å². The van der Waals surface area contributed by atoms with Gasteiger partial charge in [-0.3, -0.25) is 0 Å². The molecule has 1 aromatic rings. The molecule has 0 saturated carbocycles. The van der Waals surface area contributed by atoms with Crippen molar-refractivity contribution in [2.45, 2.75) is 6.54 Å². The highest BCUT2D eigenvalue weighted by atomic mass is 35.5. The van der Waals surface area contributed by atoms with E-state index in [0.29, 0.717) is 30.7 Å². The van der Waals surface area contributed by atoms with Gasteiger partial charge in [-0.05, 0) is 11.6 Å². The maximum absolute atomic E-state index is 10.6. The Morgan fingerprint density at radius 3 is 2.85 bits per heavy atom. The van der Waals surface area contributed by atoms with E-state index < -0.39 is 5.03 Å². The van der Waals surface area contributed by atoms with E-state index in [1.54, 1.807) is 17.2 Å².